The fourth-order valence-electron chi connectivity index (χ4n) is 2.79. The van der Waals surface area contributed by atoms with Gasteiger partial charge in [-0.05, 0) is 59.1 Å². The van der Waals surface area contributed by atoms with Gasteiger partial charge in [-0.3, -0.25) is 0 Å². The second-order valence-electron chi connectivity index (χ2n) is 5.58. The zero-order chi connectivity index (χ0) is 14.3. The summed E-state index contributed by atoms with van der Waals surface area (Å²) in [7, 11) is 6.69. The molecule has 1 saturated heterocycles. The highest BCUT2D eigenvalue weighted by Crippen LogP contribution is 2.30. The monoisotopic (exact) mass is 262 g/mol. The third-order valence-electron chi connectivity index (χ3n) is 4.24. The highest BCUT2D eigenvalue weighted by molar-refractivity contribution is 5.18. The molecule has 0 aliphatic carbocycles. The van der Waals surface area contributed by atoms with Gasteiger partial charge in [0.25, 0.3) is 0 Å². The van der Waals surface area contributed by atoms with E-state index >= 15 is 0 Å². The minimum Gasteiger partial charge on any atom is -0.306 e. The Morgan fingerprint density at radius 1 is 1.05 bits per heavy atom. The van der Waals surface area contributed by atoms with Crippen LogP contribution >= 0.6 is 0 Å². The number of nitrogens with zero attached hydrogens (tertiary/aromatic N) is 2. The highest BCUT2D eigenvalue weighted by atomic mass is 15.2. The van der Waals surface area contributed by atoms with Crippen LogP contribution < -0.4 is 0 Å². The number of likely N-dealkylation sites (tertiary alicyclic amines) is 1. The molecule has 0 bridgehead atoms. The second-order valence-corrected chi connectivity index (χ2v) is 5.58. The predicted octanol–water partition coefficient (Wildman–Crippen LogP) is 3.28. The summed E-state index contributed by atoms with van der Waals surface area (Å²) < 4.78 is 0. The minimum absolute atomic E-state index is 0.355. The van der Waals surface area contributed by atoms with E-state index in [1.54, 1.807) is 0 Å². The smallest absolute Gasteiger partial charge is 0.0268 e. The molecule has 108 valence electrons. The fourth-order valence-corrected chi connectivity index (χ4v) is 2.79. The van der Waals surface area contributed by atoms with Crippen molar-refractivity contribution in [2.45, 2.75) is 38.6 Å². The summed E-state index contributed by atoms with van der Waals surface area (Å²) in [4.78, 5) is 4.87. The van der Waals surface area contributed by atoms with E-state index in [-0.39, 0.29) is 0 Å². The Morgan fingerprint density at radius 2 is 1.58 bits per heavy atom. The molecule has 1 aliphatic heterocycles. The van der Waals surface area contributed by atoms with E-state index in [4.69, 9.17) is 0 Å². The predicted molar refractivity (Wildman–Crippen MR) is 84.6 cm³/mol. The number of hydrogen-bond donors (Lipinski definition) is 0. The third-order valence-corrected chi connectivity index (χ3v) is 4.24. The van der Waals surface area contributed by atoms with Gasteiger partial charge in [0.2, 0.25) is 0 Å². The van der Waals surface area contributed by atoms with Crippen molar-refractivity contribution in [3.63, 3.8) is 0 Å². The van der Waals surface area contributed by atoms with Gasteiger partial charge in [0.15, 0.2) is 0 Å². The van der Waals surface area contributed by atoms with Crippen molar-refractivity contribution in [1.29, 1.82) is 0 Å². The molecule has 0 atom stereocenters. The maximum Gasteiger partial charge on any atom is 0.0268 e. The van der Waals surface area contributed by atoms with E-state index < -0.39 is 0 Å². The molecular formula is C17H30N2. The number of likely N-dealkylation sites (N-methyl/N-ethyl adjacent to an activating group) is 1. The highest BCUT2D eigenvalue weighted by Gasteiger charge is 2.35. The first kappa shape index (κ1) is 16.2. The lowest BCUT2D eigenvalue weighted by atomic mass is 9.81. The molecule has 0 spiro atoms. The van der Waals surface area contributed by atoms with E-state index in [1.165, 1.54) is 37.9 Å². The lowest BCUT2D eigenvalue weighted by Gasteiger charge is -2.45. The maximum absolute atomic E-state index is 2.44. The second kappa shape index (κ2) is 7.66. The minimum atomic E-state index is 0.355. The van der Waals surface area contributed by atoms with Gasteiger partial charge in [0, 0.05) is 5.54 Å². The van der Waals surface area contributed by atoms with Crippen LogP contribution in [0, 0.1) is 0 Å². The molecule has 1 aromatic carbocycles. The average Bonchev–Trinajstić information content (AvgIpc) is 2.45. The van der Waals surface area contributed by atoms with E-state index in [9.17, 15) is 0 Å². The molecule has 0 unspecified atom stereocenters. The normalized spacial score (nSPS) is 18.8. The first-order valence-corrected chi connectivity index (χ1v) is 7.52. The van der Waals surface area contributed by atoms with Gasteiger partial charge in [0.1, 0.15) is 0 Å². The summed E-state index contributed by atoms with van der Waals surface area (Å²) in [5.41, 5.74) is 1.82. The van der Waals surface area contributed by atoms with Gasteiger partial charge in [-0.25, -0.2) is 0 Å². The molecule has 2 heteroatoms. The molecule has 1 aromatic rings. The third kappa shape index (κ3) is 4.32. The van der Waals surface area contributed by atoms with Crippen molar-refractivity contribution in [2.75, 3.05) is 34.2 Å². The zero-order valence-electron chi connectivity index (χ0n) is 13.3. The zero-order valence-corrected chi connectivity index (χ0v) is 13.3. The van der Waals surface area contributed by atoms with Gasteiger partial charge in [0.05, 0.1) is 0 Å². The quantitative estimate of drug-likeness (QED) is 0.825. The van der Waals surface area contributed by atoms with Crippen molar-refractivity contribution < 1.29 is 0 Å². The van der Waals surface area contributed by atoms with Gasteiger partial charge in [-0.15, -0.1) is 0 Å². The summed E-state index contributed by atoms with van der Waals surface area (Å²) in [6.45, 7) is 6.43. The van der Waals surface area contributed by atoms with Crippen LogP contribution in [-0.4, -0.2) is 49.6 Å². The molecule has 1 aliphatic rings. The standard InChI is InChI=1S/C15H24N2.C2H6/c1-16(2)15(9-11-17(3)12-10-15)13-14-7-5-4-6-8-14;1-2/h4-8H,9-13H2,1-3H3;1-2H3. The number of benzene rings is 1. The molecular weight excluding hydrogens is 232 g/mol. The van der Waals surface area contributed by atoms with Gasteiger partial charge in [-0.2, -0.15) is 0 Å². The van der Waals surface area contributed by atoms with Crippen molar-refractivity contribution in [3.05, 3.63) is 35.9 Å². The van der Waals surface area contributed by atoms with E-state index in [0.717, 1.165) is 0 Å². The number of piperidine rings is 1. The first-order chi connectivity index (χ1) is 9.12. The number of hydrogen-bond acceptors (Lipinski definition) is 2. The molecule has 0 aromatic heterocycles. The molecule has 2 rings (SSSR count). The molecule has 0 amide bonds. The Morgan fingerprint density at radius 3 is 2.05 bits per heavy atom. The summed E-state index contributed by atoms with van der Waals surface area (Å²) in [5.74, 6) is 0. The average molecular weight is 262 g/mol. The topological polar surface area (TPSA) is 6.48 Å². The van der Waals surface area contributed by atoms with Crippen LogP contribution in [-0.2, 0) is 6.42 Å². The van der Waals surface area contributed by atoms with Gasteiger partial charge < -0.3 is 9.80 Å². The van der Waals surface area contributed by atoms with E-state index in [2.05, 4.69) is 61.3 Å². The van der Waals surface area contributed by atoms with Crippen molar-refractivity contribution >= 4 is 0 Å². The SMILES string of the molecule is CC.CN1CCC(Cc2ccccc2)(N(C)C)CC1. The van der Waals surface area contributed by atoms with Crippen LogP contribution in [0.4, 0.5) is 0 Å². The van der Waals surface area contributed by atoms with Crippen LogP contribution in [0.5, 0.6) is 0 Å². The van der Waals surface area contributed by atoms with Crippen LogP contribution in [0.3, 0.4) is 0 Å². The maximum atomic E-state index is 2.44. The first-order valence-electron chi connectivity index (χ1n) is 7.52. The lowest BCUT2D eigenvalue weighted by molar-refractivity contribution is 0.0666. The fraction of sp³-hybridized carbons (Fsp3) is 0.647. The van der Waals surface area contributed by atoms with Crippen molar-refractivity contribution in [2.24, 2.45) is 0 Å². The molecule has 0 radical (unpaired) electrons. The summed E-state index contributed by atoms with van der Waals surface area (Å²) in [5, 5.41) is 0. The Balaban J connectivity index is 0.000000861. The van der Waals surface area contributed by atoms with Crippen LogP contribution in [0.1, 0.15) is 32.3 Å². The van der Waals surface area contributed by atoms with E-state index in [1.807, 2.05) is 13.8 Å². The largest absolute Gasteiger partial charge is 0.306 e. The van der Waals surface area contributed by atoms with Crippen LogP contribution in [0.2, 0.25) is 0 Å². The summed E-state index contributed by atoms with van der Waals surface area (Å²) in [6.07, 6.45) is 3.71. The Labute approximate surface area is 119 Å². The van der Waals surface area contributed by atoms with Gasteiger partial charge >= 0.3 is 0 Å². The molecule has 19 heavy (non-hydrogen) atoms. The van der Waals surface area contributed by atoms with Gasteiger partial charge in [-0.1, -0.05) is 44.2 Å². The summed E-state index contributed by atoms with van der Waals surface area (Å²) in [6, 6.07) is 10.9. The van der Waals surface area contributed by atoms with Crippen LogP contribution in [0.25, 0.3) is 0 Å². The Bertz CT molecular complexity index is 338. The lowest BCUT2D eigenvalue weighted by Crippen LogP contribution is -2.53. The van der Waals surface area contributed by atoms with Crippen molar-refractivity contribution in [1.82, 2.24) is 9.80 Å². The van der Waals surface area contributed by atoms with E-state index in [0.29, 0.717) is 5.54 Å². The number of rotatable bonds is 3. The molecule has 2 nitrogen and oxygen atoms in total. The van der Waals surface area contributed by atoms with Crippen molar-refractivity contribution in [3.8, 4) is 0 Å². The Kier molecular flexibility index (Phi) is 6.53. The summed E-state index contributed by atoms with van der Waals surface area (Å²) >= 11 is 0. The van der Waals surface area contributed by atoms with Crippen LogP contribution in [0.15, 0.2) is 30.3 Å². The molecule has 0 saturated carbocycles. The Hall–Kier alpha value is -0.860. The molecule has 0 N–H and O–H groups in total. The molecule has 1 heterocycles. The molecule has 1 fully saturated rings.